The maximum absolute atomic E-state index is 12.9. The lowest BCUT2D eigenvalue weighted by atomic mass is 10.1. The van der Waals surface area contributed by atoms with Gasteiger partial charge in [-0.05, 0) is 19.1 Å². The average molecular weight is 344 g/mol. The number of thiazole rings is 1. The van der Waals surface area contributed by atoms with E-state index in [1.165, 1.54) is 24.4 Å². The van der Waals surface area contributed by atoms with Crippen LogP contribution in [0.1, 0.15) is 33.9 Å². The summed E-state index contributed by atoms with van der Waals surface area (Å²) in [6.07, 6.45) is -4.59. The summed E-state index contributed by atoms with van der Waals surface area (Å²) in [7, 11) is 0. The maximum atomic E-state index is 12.9. The van der Waals surface area contributed by atoms with Crippen LogP contribution in [0.3, 0.4) is 0 Å². The molecule has 0 spiro atoms. The number of hydrogen-bond donors (Lipinski definition) is 2. The van der Waals surface area contributed by atoms with Gasteiger partial charge in [0, 0.05) is 5.38 Å². The van der Waals surface area contributed by atoms with E-state index in [4.69, 9.17) is 5.11 Å². The number of rotatable bonds is 4. The third kappa shape index (κ3) is 3.86. The van der Waals surface area contributed by atoms with Crippen molar-refractivity contribution in [3.8, 4) is 0 Å². The molecule has 2 rings (SSSR count). The number of carbonyl (C=O) groups is 2. The first-order valence-electron chi connectivity index (χ1n) is 6.36. The van der Waals surface area contributed by atoms with Crippen molar-refractivity contribution in [3.63, 3.8) is 0 Å². The standard InChI is InChI=1S/C14H11F3N2O3S/c1-7(12-19-10(6-23-12)13(21)22)11(20)18-9-5-3-2-4-8(9)14(15,16)17/h2-7H,1H3,(H,18,20)(H,21,22). The number of alkyl halides is 3. The van der Waals surface area contributed by atoms with Crippen LogP contribution in [-0.2, 0) is 11.0 Å². The van der Waals surface area contributed by atoms with Gasteiger partial charge < -0.3 is 10.4 Å². The average Bonchev–Trinajstić information content (AvgIpc) is 2.95. The van der Waals surface area contributed by atoms with Crippen molar-refractivity contribution < 1.29 is 27.9 Å². The Morgan fingerprint density at radius 3 is 2.52 bits per heavy atom. The zero-order valence-corrected chi connectivity index (χ0v) is 12.5. The fourth-order valence-corrected chi connectivity index (χ4v) is 2.63. The molecule has 0 fully saturated rings. The minimum absolute atomic E-state index is 0.208. The van der Waals surface area contributed by atoms with E-state index in [-0.39, 0.29) is 16.4 Å². The summed E-state index contributed by atoms with van der Waals surface area (Å²) < 4.78 is 38.7. The Balaban J connectivity index is 2.20. The molecular formula is C14H11F3N2O3S. The molecule has 1 heterocycles. The van der Waals surface area contributed by atoms with Gasteiger partial charge in [0.1, 0.15) is 5.01 Å². The molecule has 0 saturated carbocycles. The van der Waals surface area contributed by atoms with E-state index in [1.54, 1.807) is 0 Å². The fraction of sp³-hybridized carbons (Fsp3) is 0.214. The molecule has 0 saturated heterocycles. The van der Waals surface area contributed by atoms with E-state index in [0.717, 1.165) is 23.5 Å². The second-order valence-electron chi connectivity index (χ2n) is 4.63. The normalized spacial score (nSPS) is 12.7. The number of nitrogens with one attached hydrogen (secondary N) is 1. The van der Waals surface area contributed by atoms with Gasteiger partial charge in [0.2, 0.25) is 5.91 Å². The quantitative estimate of drug-likeness (QED) is 0.888. The van der Waals surface area contributed by atoms with Crippen molar-refractivity contribution in [1.29, 1.82) is 0 Å². The molecule has 0 aliphatic rings. The van der Waals surface area contributed by atoms with E-state index >= 15 is 0 Å². The van der Waals surface area contributed by atoms with Crippen LogP contribution in [0.4, 0.5) is 18.9 Å². The molecular weight excluding hydrogens is 333 g/mol. The molecule has 1 unspecified atom stereocenters. The van der Waals surface area contributed by atoms with Gasteiger partial charge in [0.05, 0.1) is 17.2 Å². The van der Waals surface area contributed by atoms with Crippen molar-refractivity contribution in [2.75, 3.05) is 5.32 Å². The minimum atomic E-state index is -4.59. The van der Waals surface area contributed by atoms with Crippen molar-refractivity contribution in [2.24, 2.45) is 0 Å². The number of aromatic nitrogens is 1. The zero-order chi connectivity index (χ0) is 17.2. The van der Waals surface area contributed by atoms with E-state index in [9.17, 15) is 22.8 Å². The molecule has 122 valence electrons. The number of carbonyl (C=O) groups excluding carboxylic acids is 1. The molecule has 2 N–H and O–H groups in total. The number of amides is 1. The van der Waals surface area contributed by atoms with Gasteiger partial charge in [-0.3, -0.25) is 4.79 Å². The molecule has 23 heavy (non-hydrogen) atoms. The van der Waals surface area contributed by atoms with Gasteiger partial charge in [-0.1, -0.05) is 12.1 Å². The molecule has 9 heteroatoms. The summed E-state index contributed by atoms with van der Waals surface area (Å²) in [5.74, 6) is -2.81. The van der Waals surface area contributed by atoms with Crippen LogP contribution in [0.5, 0.6) is 0 Å². The molecule has 0 aliphatic heterocycles. The first kappa shape index (κ1) is 16.9. The molecule has 0 bridgehead atoms. The van der Waals surface area contributed by atoms with Gasteiger partial charge in [-0.15, -0.1) is 11.3 Å². The number of carboxylic acids is 1. The van der Waals surface area contributed by atoms with Crippen LogP contribution in [0.15, 0.2) is 29.6 Å². The molecule has 1 aromatic heterocycles. The molecule has 1 atom stereocenters. The van der Waals surface area contributed by atoms with E-state index in [0.29, 0.717) is 0 Å². The number of halogens is 3. The zero-order valence-electron chi connectivity index (χ0n) is 11.7. The molecule has 2 aromatic rings. The second kappa shape index (κ2) is 6.37. The third-order valence-corrected chi connectivity index (χ3v) is 4.02. The van der Waals surface area contributed by atoms with Crippen LogP contribution in [0, 0.1) is 0 Å². The lowest BCUT2D eigenvalue weighted by molar-refractivity contribution is -0.137. The topological polar surface area (TPSA) is 79.3 Å². The van der Waals surface area contributed by atoms with Crippen LogP contribution < -0.4 is 5.32 Å². The first-order chi connectivity index (χ1) is 10.7. The van der Waals surface area contributed by atoms with Crippen LogP contribution >= 0.6 is 11.3 Å². The minimum Gasteiger partial charge on any atom is -0.476 e. The van der Waals surface area contributed by atoms with E-state index in [2.05, 4.69) is 10.3 Å². The molecule has 5 nitrogen and oxygen atoms in total. The predicted octanol–water partition coefficient (Wildman–Crippen LogP) is 3.60. The van der Waals surface area contributed by atoms with E-state index < -0.39 is 29.5 Å². The molecule has 0 radical (unpaired) electrons. The summed E-state index contributed by atoms with van der Waals surface area (Å²) >= 11 is 0.960. The third-order valence-electron chi connectivity index (χ3n) is 3.00. The Labute approximate surface area is 132 Å². The predicted molar refractivity (Wildman–Crippen MR) is 77.6 cm³/mol. The summed E-state index contributed by atoms with van der Waals surface area (Å²) in [6, 6.07) is 4.62. The fourth-order valence-electron chi connectivity index (χ4n) is 1.78. The molecule has 1 amide bonds. The summed E-state index contributed by atoms with van der Waals surface area (Å²) in [6.45, 7) is 1.44. The highest BCUT2D eigenvalue weighted by Crippen LogP contribution is 2.35. The number of aromatic carboxylic acids is 1. The van der Waals surface area contributed by atoms with Crippen molar-refractivity contribution in [1.82, 2.24) is 4.98 Å². The smallest absolute Gasteiger partial charge is 0.418 e. The van der Waals surface area contributed by atoms with Gasteiger partial charge >= 0.3 is 12.1 Å². The summed E-state index contributed by atoms with van der Waals surface area (Å²) in [4.78, 5) is 26.7. The van der Waals surface area contributed by atoms with Gasteiger partial charge in [0.25, 0.3) is 0 Å². The second-order valence-corrected chi connectivity index (χ2v) is 5.52. The van der Waals surface area contributed by atoms with Crippen LogP contribution in [0.2, 0.25) is 0 Å². The molecule has 0 aliphatic carbocycles. The Morgan fingerprint density at radius 1 is 1.30 bits per heavy atom. The monoisotopic (exact) mass is 344 g/mol. The Morgan fingerprint density at radius 2 is 1.96 bits per heavy atom. The lowest BCUT2D eigenvalue weighted by Gasteiger charge is -2.15. The van der Waals surface area contributed by atoms with Crippen molar-refractivity contribution >= 4 is 28.9 Å². The Hall–Kier alpha value is -2.42. The van der Waals surface area contributed by atoms with Crippen molar-refractivity contribution in [2.45, 2.75) is 19.0 Å². The Bertz CT molecular complexity index is 743. The van der Waals surface area contributed by atoms with E-state index in [1.807, 2.05) is 0 Å². The van der Waals surface area contributed by atoms with Crippen LogP contribution in [0.25, 0.3) is 0 Å². The highest BCUT2D eigenvalue weighted by Gasteiger charge is 2.34. The highest BCUT2D eigenvalue weighted by molar-refractivity contribution is 7.10. The number of para-hydroxylation sites is 1. The largest absolute Gasteiger partial charge is 0.476 e. The lowest BCUT2D eigenvalue weighted by Crippen LogP contribution is -2.21. The van der Waals surface area contributed by atoms with Crippen molar-refractivity contribution in [3.05, 3.63) is 45.9 Å². The van der Waals surface area contributed by atoms with Gasteiger partial charge in [-0.25, -0.2) is 9.78 Å². The number of hydrogen-bond acceptors (Lipinski definition) is 4. The number of carboxylic acid groups (broad SMARTS) is 1. The summed E-state index contributed by atoms with van der Waals surface area (Å²) in [5, 5.41) is 12.5. The SMILES string of the molecule is CC(C(=O)Nc1ccccc1C(F)(F)F)c1nc(C(=O)O)cs1. The number of benzene rings is 1. The Kier molecular flexibility index (Phi) is 4.69. The first-order valence-corrected chi connectivity index (χ1v) is 7.24. The maximum Gasteiger partial charge on any atom is 0.418 e. The summed E-state index contributed by atoms with van der Waals surface area (Å²) in [5.41, 5.74) is -1.52. The van der Waals surface area contributed by atoms with Gasteiger partial charge in [0.15, 0.2) is 5.69 Å². The van der Waals surface area contributed by atoms with Gasteiger partial charge in [-0.2, -0.15) is 13.2 Å². The van der Waals surface area contributed by atoms with Crippen LogP contribution in [-0.4, -0.2) is 22.0 Å². The number of nitrogens with zero attached hydrogens (tertiary/aromatic N) is 1. The molecule has 1 aromatic carbocycles. The number of anilines is 1. The highest BCUT2D eigenvalue weighted by atomic mass is 32.1.